The number of amides is 2. The Balaban J connectivity index is 1.43. The van der Waals surface area contributed by atoms with Gasteiger partial charge in [-0.25, -0.2) is 13.1 Å². The fourth-order valence-corrected chi connectivity index (χ4v) is 5.08. The first kappa shape index (κ1) is 21.8. The standard InChI is InChI=1S/C21H31N3O4S/c1-15-3-5-16(6-4-15)20(25)22-18-9-7-17(8-10-18)21(26)24-13-11-19(12-14-24)23-29(2,27)28/h3-6,17-19,23H,7-14H2,1-2H3,(H,22,25). The Labute approximate surface area is 173 Å². The van der Waals surface area contributed by atoms with E-state index in [2.05, 4.69) is 10.0 Å². The van der Waals surface area contributed by atoms with Gasteiger partial charge in [0.1, 0.15) is 0 Å². The zero-order chi connectivity index (χ0) is 21.0. The summed E-state index contributed by atoms with van der Waals surface area (Å²) in [6, 6.07) is 7.56. The molecule has 0 atom stereocenters. The first-order chi connectivity index (χ1) is 13.7. The van der Waals surface area contributed by atoms with Gasteiger partial charge >= 0.3 is 0 Å². The van der Waals surface area contributed by atoms with E-state index in [4.69, 9.17) is 0 Å². The third-order valence-electron chi connectivity index (χ3n) is 5.91. The van der Waals surface area contributed by atoms with Gasteiger partial charge in [0.2, 0.25) is 15.9 Å². The van der Waals surface area contributed by atoms with Crippen LogP contribution in [-0.4, -0.2) is 56.6 Å². The van der Waals surface area contributed by atoms with Crippen LogP contribution in [0.2, 0.25) is 0 Å². The third-order valence-corrected chi connectivity index (χ3v) is 6.67. The molecule has 1 saturated carbocycles. The number of aryl methyl sites for hydroxylation is 1. The molecule has 2 amide bonds. The predicted octanol–water partition coefficient (Wildman–Crippen LogP) is 1.82. The molecule has 0 spiro atoms. The van der Waals surface area contributed by atoms with Crippen molar-refractivity contribution in [2.45, 2.75) is 57.5 Å². The highest BCUT2D eigenvalue weighted by Gasteiger charge is 2.32. The molecule has 2 fully saturated rings. The van der Waals surface area contributed by atoms with Gasteiger partial charge in [0.25, 0.3) is 5.91 Å². The summed E-state index contributed by atoms with van der Waals surface area (Å²) in [6.45, 7) is 3.18. The summed E-state index contributed by atoms with van der Waals surface area (Å²) in [4.78, 5) is 27.1. The lowest BCUT2D eigenvalue weighted by Crippen LogP contribution is -2.48. The monoisotopic (exact) mass is 421 g/mol. The van der Waals surface area contributed by atoms with Gasteiger partial charge in [0, 0.05) is 36.7 Å². The number of nitrogens with zero attached hydrogens (tertiary/aromatic N) is 1. The Morgan fingerprint density at radius 2 is 1.52 bits per heavy atom. The van der Waals surface area contributed by atoms with Crippen LogP contribution >= 0.6 is 0 Å². The Hall–Kier alpha value is -1.93. The molecule has 0 aromatic heterocycles. The number of nitrogens with one attached hydrogen (secondary N) is 2. The van der Waals surface area contributed by atoms with Crippen molar-refractivity contribution in [2.75, 3.05) is 19.3 Å². The fourth-order valence-electron chi connectivity index (χ4n) is 4.24. The summed E-state index contributed by atoms with van der Waals surface area (Å²) < 4.78 is 25.3. The van der Waals surface area contributed by atoms with Crippen LogP contribution in [0.3, 0.4) is 0 Å². The maximum Gasteiger partial charge on any atom is 0.251 e. The first-order valence-corrected chi connectivity index (χ1v) is 12.2. The van der Waals surface area contributed by atoms with Gasteiger partial charge in [-0.15, -0.1) is 0 Å². The zero-order valence-corrected chi connectivity index (χ0v) is 18.0. The van der Waals surface area contributed by atoms with Crippen LogP contribution in [0.15, 0.2) is 24.3 Å². The van der Waals surface area contributed by atoms with Crippen LogP contribution in [-0.2, 0) is 14.8 Å². The van der Waals surface area contributed by atoms with E-state index in [1.54, 1.807) is 0 Å². The summed E-state index contributed by atoms with van der Waals surface area (Å²) in [5.74, 6) is 0.119. The minimum Gasteiger partial charge on any atom is -0.349 e. The second kappa shape index (κ2) is 9.26. The smallest absolute Gasteiger partial charge is 0.251 e. The van der Waals surface area contributed by atoms with E-state index in [1.165, 1.54) is 6.26 Å². The van der Waals surface area contributed by atoms with Crippen molar-refractivity contribution in [3.8, 4) is 0 Å². The molecule has 0 unspecified atom stereocenters. The van der Waals surface area contributed by atoms with Crippen molar-refractivity contribution in [3.05, 3.63) is 35.4 Å². The minimum absolute atomic E-state index is 0.00180. The van der Waals surface area contributed by atoms with Crippen molar-refractivity contribution in [3.63, 3.8) is 0 Å². The van der Waals surface area contributed by atoms with E-state index < -0.39 is 10.0 Å². The summed E-state index contributed by atoms with van der Waals surface area (Å²) in [6.07, 6.45) is 5.64. The molecular weight excluding hydrogens is 390 g/mol. The number of hydrogen-bond donors (Lipinski definition) is 2. The van der Waals surface area contributed by atoms with Crippen LogP contribution in [0.25, 0.3) is 0 Å². The number of likely N-dealkylation sites (tertiary alicyclic amines) is 1. The Morgan fingerprint density at radius 1 is 0.931 bits per heavy atom. The molecule has 1 aliphatic carbocycles. The topological polar surface area (TPSA) is 95.6 Å². The highest BCUT2D eigenvalue weighted by atomic mass is 32.2. The third kappa shape index (κ3) is 6.27. The molecule has 160 valence electrons. The van der Waals surface area contributed by atoms with Crippen molar-refractivity contribution >= 4 is 21.8 Å². The zero-order valence-electron chi connectivity index (χ0n) is 17.2. The van der Waals surface area contributed by atoms with E-state index in [1.807, 2.05) is 36.1 Å². The second-order valence-corrected chi connectivity index (χ2v) is 10.2. The van der Waals surface area contributed by atoms with Gasteiger partial charge < -0.3 is 10.2 Å². The van der Waals surface area contributed by atoms with Gasteiger partial charge in [-0.05, 0) is 57.6 Å². The number of sulfonamides is 1. The number of carbonyl (C=O) groups excluding carboxylic acids is 2. The SMILES string of the molecule is Cc1ccc(C(=O)NC2CCC(C(=O)N3CCC(NS(C)(=O)=O)CC3)CC2)cc1. The Morgan fingerprint density at radius 3 is 2.07 bits per heavy atom. The van der Waals surface area contributed by atoms with E-state index in [-0.39, 0.29) is 29.8 Å². The summed E-state index contributed by atoms with van der Waals surface area (Å²) >= 11 is 0. The normalized spacial score (nSPS) is 23.6. The van der Waals surface area contributed by atoms with Crippen LogP contribution in [0.5, 0.6) is 0 Å². The van der Waals surface area contributed by atoms with Gasteiger partial charge in [0.15, 0.2) is 0 Å². The van der Waals surface area contributed by atoms with Crippen LogP contribution in [0.1, 0.15) is 54.4 Å². The molecule has 2 aliphatic rings. The highest BCUT2D eigenvalue weighted by Crippen LogP contribution is 2.27. The quantitative estimate of drug-likeness (QED) is 0.758. The van der Waals surface area contributed by atoms with Crippen LogP contribution < -0.4 is 10.0 Å². The molecule has 8 heteroatoms. The highest BCUT2D eigenvalue weighted by molar-refractivity contribution is 7.88. The molecular formula is C21H31N3O4S. The van der Waals surface area contributed by atoms with Gasteiger partial charge in [0.05, 0.1) is 6.26 Å². The number of hydrogen-bond acceptors (Lipinski definition) is 4. The fraction of sp³-hybridized carbons (Fsp3) is 0.619. The molecule has 1 heterocycles. The van der Waals surface area contributed by atoms with Crippen LogP contribution in [0.4, 0.5) is 0 Å². The van der Waals surface area contributed by atoms with Crippen molar-refractivity contribution in [1.82, 2.24) is 14.9 Å². The second-order valence-electron chi connectivity index (χ2n) is 8.38. The average molecular weight is 422 g/mol. The number of rotatable bonds is 5. The molecule has 1 aromatic carbocycles. The first-order valence-electron chi connectivity index (χ1n) is 10.3. The summed E-state index contributed by atoms with van der Waals surface area (Å²) in [5, 5.41) is 3.09. The summed E-state index contributed by atoms with van der Waals surface area (Å²) in [5.41, 5.74) is 1.79. The van der Waals surface area contributed by atoms with E-state index >= 15 is 0 Å². The van der Waals surface area contributed by atoms with E-state index in [0.717, 1.165) is 31.2 Å². The number of benzene rings is 1. The van der Waals surface area contributed by atoms with Crippen molar-refractivity contribution in [1.29, 1.82) is 0 Å². The number of piperidine rings is 1. The maximum atomic E-state index is 12.8. The minimum atomic E-state index is -3.21. The average Bonchev–Trinajstić information content (AvgIpc) is 2.68. The molecule has 3 rings (SSSR count). The van der Waals surface area contributed by atoms with Gasteiger partial charge in [-0.3, -0.25) is 9.59 Å². The van der Waals surface area contributed by atoms with Gasteiger partial charge in [-0.2, -0.15) is 0 Å². The molecule has 1 aromatic rings. The largest absolute Gasteiger partial charge is 0.349 e. The molecule has 29 heavy (non-hydrogen) atoms. The van der Waals surface area contributed by atoms with E-state index in [0.29, 0.717) is 31.5 Å². The van der Waals surface area contributed by atoms with Crippen LogP contribution in [0, 0.1) is 12.8 Å². The van der Waals surface area contributed by atoms with Gasteiger partial charge in [-0.1, -0.05) is 17.7 Å². The lowest BCUT2D eigenvalue weighted by Gasteiger charge is -2.36. The number of carbonyl (C=O) groups is 2. The molecule has 7 nitrogen and oxygen atoms in total. The molecule has 0 bridgehead atoms. The predicted molar refractivity (Wildman–Crippen MR) is 112 cm³/mol. The van der Waals surface area contributed by atoms with E-state index in [9.17, 15) is 18.0 Å². The molecule has 0 radical (unpaired) electrons. The van der Waals surface area contributed by atoms with Crippen molar-refractivity contribution in [2.24, 2.45) is 5.92 Å². The molecule has 1 saturated heterocycles. The summed E-state index contributed by atoms with van der Waals surface area (Å²) in [7, 11) is -3.21. The lowest BCUT2D eigenvalue weighted by atomic mass is 9.84. The maximum absolute atomic E-state index is 12.8. The Bertz CT molecular complexity index is 822. The lowest BCUT2D eigenvalue weighted by molar-refractivity contribution is -0.137. The Kier molecular flexibility index (Phi) is 6.95. The van der Waals surface area contributed by atoms with Crippen molar-refractivity contribution < 1.29 is 18.0 Å². The molecule has 1 aliphatic heterocycles. The molecule has 2 N–H and O–H groups in total.